The maximum atomic E-state index is 12.6. The molecule has 5 nitrogen and oxygen atoms in total. The van der Waals surface area contributed by atoms with Crippen molar-refractivity contribution in [3.63, 3.8) is 0 Å². The molecule has 1 saturated heterocycles. The fourth-order valence-corrected chi connectivity index (χ4v) is 3.98. The molecule has 1 aromatic rings. The predicted octanol–water partition coefficient (Wildman–Crippen LogP) is 2.68. The van der Waals surface area contributed by atoms with Gasteiger partial charge in [0.25, 0.3) is 0 Å². The average Bonchev–Trinajstić information content (AvgIpc) is 3.17. The monoisotopic (exact) mass is 331 g/mol. The van der Waals surface area contributed by atoms with Gasteiger partial charge in [0.05, 0.1) is 5.54 Å². The molecule has 1 amide bonds. The Balaban J connectivity index is 1.59. The summed E-state index contributed by atoms with van der Waals surface area (Å²) < 4.78 is 5.98. The van der Waals surface area contributed by atoms with Crippen LogP contribution in [0.3, 0.4) is 0 Å². The highest BCUT2D eigenvalue weighted by molar-refractivity contribution is 5.77. The zero-order valence-corrected chi connectivity index (χ0v) is 14.9. The van der Waals surface area contributed by atoms with Gasteiger partial charge in [-0.15, -0.1) is 0 Å². The molecule has 5 heteroatoms. The summed E-state index contributed by atoms with van der Waals surface area (Å²) in [4.78, 5) is 19.2. The van der Waals surface area contributed by atoms with Crippen LogP contribution in [0.4, 0.5) is 0 Å². The van der Waals surface area contributed by atoms with Gasteiger partial charge in [0.1, 0.15) is 6.61 Å². The molecular weight excluding hydrogens is 302 g/mol. The van der Waals surface area contributed by atoms with Gasteiger partial charge in [-0.1, -0.05) is 18.9 Å². The highest BCUT2D eigenvalue weighted by Gasteiger charge is 2.37. The Bertz CT molecular complexity index is 569. The molecule has 3 rings (SSSR count). The van der Waals surface area contributed by atoms with Crippen LogP contribution in [0.5, 0.6) is 5.88 Å². The number of nitrogens with zero attached hydrogens (tertiary/aromatic N) is 2. The summed E-state index contributed by atoms with van der Waals surface area (Å²) in [6, 6.07) is 4.30. The van der Waals surface area contributed by atoms with Crippen LogP contribution in [0.2, 0.25) is 0 Å². The molecule has 2 heterocycles. The molecule has 0 bridgehead atoms. The Kier molecular flexibility index (Phi) is 5.39. The van der Waals surface area contributed by atoms with E-state index < -0.39 is 0 Å². The molecule has 1 N–H and O–H groups in total. The fourth-order valence-electron chi connectivity index (χ4n) is 3.98. The Morgan fingerprint density at radius 2 is 2.21 bits per heavy atom. The van der Waals surface area contributed by atoms with Crippen molar-refractivity contribution in [2.24, 2.45) is 0 Å². The lowest BCUT2D eigenvalue weighted by Gasteiger charge is -2.31. The van der Waals surface area contributed by atoms with E-state index in [0.29, 0.717) is 24.9 Å². The van der Waals surface area contributed by atoms with Gasteiger partial charge in [0.15, 0.2) is 0 Å². The topological polar surface area (TPSA) is 54.5 Å². The number of carbonyl (C=O) groups is 1. The van der Waals surface area contributed by atoms with Crippen molar-refractivity contribution in [3.05, 3.63) is 23.9 Å². The van der Waals surface area contributed by atoms with Crippen LogP contribution in [-0.4, -0.2) is 47.6 Å². The number of ether oxygens (including phenoxy) is 1. The minimum absolute atomic E-state index is 0.164. The number of aryl methyl sites for hydroxylation is 1. The van der Waals surface area contributed by atoms with Gasteiger partial charge in [-0.3, -0.25) is 4.79 Å². The van der Waals surface area contributed by atoms with E-state index in [-0.39, 0.29) is 11.4 Å². The zero-order valence-electron chi connectivity index (χ0n) is 14.9. The summed E-state index contributed by atoms with van der Waals surface area (Å²) in [5, 5.41) is 3.31. The van der Waals surface area contributed by atoms with E-state index in [1.54, 1.807) is 6.20 Å². The quantitative estimate of drug-likeness (QED) is 0.871. The number of hydrogen-bond donors (Lipinski definition) is 1. The summed E-state index contributed by atoms with van der Waals surface area (Å²) in [5.74, 6) is 0.838. The summed E-state index contributed by atoms with van der Waals surface area (Å²) in [6.45, 7) is 3.61. The number of rotatable bonds is 6. The van der Waals surface area contributed by atoms with Crippen LogP contribution in [0.15, 0.2) is 18.3 Å². The van der Waals surface area contributed by atoms with E-state index in [2.05, 4.69) is 22.2 Å². The van der Waals surface area contributed by atoms with Crippen LogP contribution in [0.1, 0.15) is 50.5 Å². The summed E-state index contributed by atoms with van der Waals surface area (Å²) in [5.41, 5.74) is 0.808. The second kappa shape index (κ2) is 7.51. The first kappa shape index (κ1) is 17.2. The molecule has 0 spiro atoms. The standard InChI is InChI=1S/C19H29N3O2/c1-15-7-5-11-20-18(15)24-14-19(9-3-4-10-19)21-17(23)13-16-8-6-12-22(16)2/h5,7,11,16H,3-4,6,8-10,12-14H2,1-2H3,(H,21,23). The molecule has 1 atom stereocenters. The number of hydrogen-bond acceptors (Lipinski definition) is 4. The third kappa shape index (κ3) is 4.07. The van der Waals surface area contributed by atoms with Crippen molar-refractivity contribution >= 4 is 5.91 Å². The molecule has 1 saturated carbocycles. The van der Waals surface area contributed by atoms with Crippen molar-refractivity contribution in [2.75, 3.05) is 20.2 Å². The molecule has 24 heavy (non-hydrogen) atoms. The first-order chi connectivity index (χ1) is 11.6. The SMILES string of the molecule is Cc1cccnc1OCC1(NC(=O)CC2CCCN2C)CCCC1. The van der Waals surface area contributed by atoms with Crippen LogP contribution in [0.25, 0.3) is 0 Å². The minimum Gasteiger partial charge on any atom is -0.475 e. The lowest BCUT2D eigenvalue weighted by atomic mass is 9.98. The predicted molar refractivity (Wildman–Crippen MR) is 94.1 cm³/mol. The molecule has 0 aromatic carbocycles. The Labute approximate surface area is 144 Å². The molecule has 0 radical (unpaired) electrons. The van der Waals surface area contributed by atoms with Gasteiger partial charge in [0.2, 0.25) is 11.8 Å². The smallest absolute Gasteiger partial charge is 0.222 e. The van der Waals surface area contributed by atoms with Gasteiger partial charge in [-0.2, -0.15) is 0 Å². The van der Waals surface area contributed by atoms with E-state index in [0.717, 1.165) is 44.2 Å². The van der Waals surface area contributed by atoms with Gasteiger partial charge in [-0.05, 0) is 52.3 Å². The second-order valence-electron chi connectivity index (χ2n) is 7.43. The molecule has 2 fully saturated rings. The lowest BCUT2D eigenvalue weighted by Crippen LogP contribution is -2.51. The summed E-state index contributed by atoms with van der Waals surface area (Å²) >= 11 is 0. The molecule has 1 aliphatic carbocycles. The number of pyridine rings is 1. The van der Waals surface area contributed by atoms with Crippen LogP contribution >= 0.6 is 0 Å². The highest BCUT2D eigenvalue weighted by Crippen LogP contribution is 2.31. The fraction of sp³-hybridized carbons (Fsp3) is 0.684. The molecule has 1 unspecified atom stereocenters. The van der Waals surface area contributed by atoms with Gasteiger partial charge >= 0.3 is 0 Å². The van der Waals surface area contributed by atoms with E-state index >= 15 is 0 Å². The molecule has 1 aliphatic heterocycles. The van der Waals surface area contributed by atoms with Crippen molar-refractivity contribution in [1.82, 2.24) is 15.2 Å². The summed E-state index contributed by atoms with van der Waals surface area (Å²) in [7, 11) is 2.11. The minimum atomic E-state index is -0.224. The second-order valence-corrected chi connectivity index (χ2v) is 7.43. The molecular formula is C19H29N3O2. The lowest BCUT2D eigenvalue weighted by molar-refractivity contribution is -0.124. The average molecular weight is 331 g/mol. The van der Waals surface area contributed by atoms with Crippen molar-refractivity contribution in [2.45, 2.75) is 63.5 Å². The van der Waals surface area contributed by atoms with Crippen LogP contribution in [0, 0.1) is 6.92 Å². The number of likely N-dealkylation sites (tertiary alicyclic amines) is 1. The Morgan fingerprint density at radius 3 is 2.88 bits per heavy atom. The maximum Gasteiger partial charge on any atom is 0.222 e. The number of aromatic nitrogens is 1. The van der Waals surface area contributed by atoms with Crippen LogP contribution < -0.4 is 10.1 Å². The van der Waals surface area contributed by atoms with Gasteiger partial charge in [0, 0.05) is 24.2 Å². The normalized spacial score (nSPS) is 23.3. The molecule has 132 valence electrons. The van der Waals surface area contributed by atoms with Crippen molar-refractivity contribution in [1.29, 1.82) is 0 Å². The zero-order chi connectivity index (χ0) is 17.0. The molecule has 1 aromatic heterocycles. The van der Waals surface area contributed by atoms with E-state index in [1.807, 2.05) is 19.1 Å². The Hall–Kier alpha value is -1.62. The number of nitrogens with one attached hydrogen (secondary N) is 1. The first-order valence-corrected chi connectivity index (χ1v) is 9.14. The largest absolute Gasteiger partial charge is 0.475 e. The third-order valence-electron chi connectivity index (χ3n) is 5.50. The highest BCUT2D eigenvalue weighted by atomic mass is 16.5. The van der Waals surface area contributed by atoms with Crippen molar-refractivity contribution < 1.29 is 9.53 Å². The third-order valence-corrected chi connectivity index (χ3v) is 5.50. The van der Waals surface area contributed by atoms with Crippen LogP contribution in [-0.2, 0) is 4.79 Å². The van der Waals surface area contributed by atoms with Gasteiger partial charge in [-0.25, -0.2) is 4.98 Å². The maximum absolute atomic E-state index is 12.6. The first-order valence-electron chi connectivity index (χ1n) is 9.14. The van der Waals surface area contributed by atoms with E-state index in [4.69, 9.17) is 4.74 Å². The van der Waals surface area contributed by atoms with E-state index in [9.17, 15) is 4.79 Å². The number of amides is 1. The van der Waals surface area contributed by atoms with Crippen molar-refractivity contribution in [3.8, 4) is 5.88 Å². The summed E-state index contributed by atoms with van der Waals surface area (Å²) in [6.07, 6.45) is 8.94. The molecule has 2 aliphatic rings. The van der Waals surface area contributed by atoms with Gasteiger partial charge < -0.3 is 15.0 Å². The Morgan fingerprint density at radius 1 is 1.42 bits per heavy atom. The van der Waals surface area contributed by atoms with E-state index in [1.165, 1.54) is 6.42 Å². The number of carbonyl (C=O) groups excluding carboxylic acids is 1.